The third kappa shape index (κ3) is 3.06. The maximum absolute atomic E-state index is 13.1. The average molecular weight is 402 g/mol. The summed E-state index contributed by atoms with van der Waals surface area (Å²) in [7, 11) is 2.90. The second-order valence-corrected chi connectivity index (χ2v) is 6.50. The minimum Gasteiger partial charge on any atom is -0.496 e. The van der Waals surface area contributed by atoms with Crippen molar-refractivity contribution in [1.29, 1.82) is 0 Å². The van der Waals surface area contributed by atoms with Crippen molar-refractivity contribution in [3.05, 3.63) is 83.4 Å². The van der Waals surface area contributed by atoms with Gasteiger partial charge in [0.2, 0.25) is 0 Å². The smallest absolute Gasteiger partial charge is 0.268 e. The first-order valence-electron chi connectivity index (χ1n) is 9.16. The van der Waals surface area contributed by atoms with Gasteiger partial charge < -0.3 is 14.8 Å². The van der Waals surface area contributed by atoms with Crippen LogP contribution in [0.3, 0.4) is 0 Å². The van der Waals surface area contributed by atoms with Gasteiger partial charge in [-0.1, -0.05) is 30.3 Å². The summed E-state index contributed by atoms with van der Waals surface area (Å²) in [5, 5.41) is 2.73. The Kier molecular flexibility index (Phi) is 4.93. The second-order valence-electron chi connectivity index (χ2n) is 6.50. The Bertz CT molecular complexity index is 1140. The lowest BCUT2D eigenvalue weighted by atomic mass is 10.1. The molecule has 0 atom stereocenters. The van der Waals surface area contributed by atoms with Gasteiger partial charge in [0.15, 0.2) is 0 Å². The highest BCUT2D eigenvalue weighted by molar-refractivity contribution is 6.36. The Balaban J connectivity index is 1.73. The Morgan fingerprint density at radius 2 is 1.43 bits per heavy atom. The van der Waals surface area contributed by atoms with Crippen molar-refractivity contribution in [2.45, 2.75) is 0 Å². The molecule has 1 heterocycles. The van der Waals surface area contributed by atoms with Gasteiger partial charge in [0.1, 0.15) is 17.1 Å². The normalized spacial score (nSPS) is 12.5. The van der Waals surface area contributed by atoms with Crippen LogP contribution in [-0.2, 0) is 0 Å². The molecule has 0 radical (unpaired) electrons. The zero-order chi connectivity index (χ0) is 21.3. The van der Waals surface area contributed by atoms with E-state index in [2.05, 4.69) is 5.32 Å². The Hall–Kier alpha value is -4.13. The van der Waals surface area contributed by atoms with Gasteiger partial charge in [-0.05, 0) is 36.4 Å². The fraction of sp³-hybridized carbons (Fsp3) is 0.0870. The van der Waals surface area contributed by atoms with Crippen LogP contribution >= 0.6 is 0 Å². The summed E-state index contributed by atoms with van der Waals surface area (Å²) in [6.45, 7) is 0. The number of carbonyl (C=O) groups excluding carboxylic acids is 3. The van der Waals surface area contributed by atoms with Gasteiger partial charge in [0.05, 0.1) is 36.7 Å². The summed E-state index contributed by atoms with van der Waals surface area (Å²) in [6.07, 6.45) is 0. The molecule has 3 aromatic carbocycles. The molecule has 0 aromatic heterocycles. The van der Waals surface area contributed by atoms with E-state index in [4.69, 9.17) is 9.47 Å². The minimum absolute atomic E-state index is 0.147. The number of benzene rings is 3. The van der Waals surface area contributed by atoms with E-state index < -0.39 is 17.7 Å². The lowest BCUT2D eigenvalue weighted by molar-refractivity contribution is 0.0926. The van der Waals surface area contributed by atoms with Crippen molar-refractivity contribution in [1.82, 2.24) is 0 Å². The number of imide groups is 1. The van der Waals surface area contributed by atoms with Gasteiger partial charge in [-0.15, -0.1) is 0 Å². The first-order chi connectivity index (χ1) is 14.6. The quantitative estimate of drug-likeness (QED) is 0.657. The molecule has 1 N–H and O–H groups in total. The summed E-state index contributed by atoms with van der Waals surface area (Å²) >= 11 is 0. The third-order valence-electron chi connectivity index (χ3n) is 4.83. The lowest BCUT2D eigenvalue weighted by Crippen LogP contribution is -2.29. The number of para-hydroxylation sites is 1. The first kappa shape index (κ1) is 19.2. The number of hydrogen-bond acceptors (Lipinski definition) is 5. The van der Waals surface area contributed by atoms with Crippen LogP contribution in [0.1, 0.15) is 31.1 Å². The number of methoxy groups -OCH3 is 2. The predicted octanol–water partition coefficient (Wildman–Crippen LogP) is 3.76. The number of nitrogens with zero attached hydrogens (tertiary/aromatic N) is 1. The van der Waals surface area contributed by atoms with E-state index in [1.54, 1.807) is 66.7 Å². The molecular weight excluding hydrogens is 384 g/mol. The van der Waals surface area contributed by atoms with E-state index in [1.165, 1.54) is 14.2 Å². The van der Waals surface area contributed by atoms with Crippen molar-refractivity contribution in [3.8, 4) is 11.5 Å². The molecule has 0 unspecified atom stereocenters. The topological polar surface area (TPSA) is 84.9 Å². The van der Waals surface area contributed by atoms with Gasteiger partial charge in [-0.3, -0.25) is 14.4 Å². The summed E-state index contributed by atoms with van der Waals surface area (Å²) < 4.78 is 10.6. The molecule has 0 saturated carbocycles. The summed E-state index contributed by atoms with van der Waals surface area (Å²) in [5.74, 6) is -0.798. The molecule has 0 fully saturated rings. The fourth-order valence-electron chi connectivity index (χ4n) is 3.46. The Morgan fingerprint density at radius 1 is 0.800 bits per heavy atom. The zero-order valence-corrected chi connectivity index (χ0v) is 16.3. The molecule has 0 bridgehead atoms. The van der Waals surface area contributed by atoms with Crippen LogP contribution in [0, 0.1) is 0 Å². The molecule has 3 amide bonds. The second kappa shape index (κ2) is 7.71. The van der Waals surface area contributed by atoms with Crippen molar-refractivity contribution in [2.75, 3.05) is 24.4 Å². The van der Waals surface area contributed by atoms with E-state index >= 15 is 0 Å². The molecule has 1 aliphatic heterocycles. The molecule has 0 aliphatic carbocycles. The molecule has 1 aliphatic rings. The van der Waals surface area contributed by atoms with Gasteiger partial charge in [-0.25, -0.2) is 4.90 Å². The van der Waals surface area contributed by atoms with Crippen LogP contribution in [0.2, 0.25) is 0 Å². The van der Waals surface area contributed by atoms with Crippen LogP contribution in [0.15, 0.2) is 66.7 Å². The van der Waals surface area contributed by atoms with Gasteiger partial charge in [0, 0.05) is 0 Å². The average Bonchev–Trinajstić information content (AvgIpc) is 3.04. The Morgan fingerprint density at radius 3 is 2.07 bits per heavy atom. The number of fused-ring (bicyclic) bond motifs is 1. The molecule has 0 spiro atoms. The number of hydrogen-bond donors (Lipinski definition) is 1. The van der Waals surface area contributed by atoms with Crippen LogP contribution in [0.25, 0.3) is 0 Å². The van der Waals surface area contributed by atoms with E-state index in [0.717, 1.165) is 4.90 Å². The monoisotopic (exact) mass is 402 g/mol. The van der Waals surface area contributed by atoms with Crippen molar-refractivity contribution < 1.29 is 23.9 Å². The number of rotatable bonds is 5. The standard InChI is InChI=1S/C23H18N2O5/c1-29-17-12-7-13-18(30-2)20(17)21(26)24-16-11-6-10-15-19(16)23(28)25(22(15)27)14-8-4-3-5-9-14/h3-13H,1-2H3,(H,24,26). The van der Waals surface area contributed by atoms with Crippen molar-refractivity contribution >= 4 is 29.1 Å². The SMILES string of the molecule is COc1cccc(OC)c1C(=O)Nc1cccc2c1C(=O)N(c1ccccc1)C2=O. The van der Waals surface area contributed by atoms with Crippen LogP contribution in [0.5, 0.6) is 11.5 Å². The predicted molar refractivity (Wildman–Crippen MR) is 112 cm³/mol. The fourth-order valence-corrected chi connectivity index (χ4v) is 3.46. The first-order valence-corrected chi connectivity index (χ1v) is 9.16. The van der Waals surface area contributed by atoms with Gasteiger partial charge in [-0.2, -0.15) is 0 Å². The van der Waals surface area contributed by atoms with Crippen LogP contribution in [0.4, 0.5) is 11.4 Å². The van der Waals surface area contributed by atoms with Gasteiger partial charge in [0.25, 0.3) is 17.7 Å². The largest absolute Gasteiger partial charge is 0.496 e. The molecule has 150 valence electrons. The van der Waals surface area contributed by atoms with Crippen molar-refractivity contribution in [2.24, 2.45) is 0 Å². The maximum Gasteiger partial charge on any atom is 0.268 e. The van der Waals surface area contributed by atoms with E-state index in [9.17, 15) is 14.4 Å². The minimum atomic E-state index is -0.517. The Labute approximate surface area is 172 Å². The number of anilines is 2. The molecular formula is C23H18N2O5. The van der Waals surface area contributed by atoms with Crippen molar-refractivity contribution in [3.63, 3.8) is 0 Å². The van der Waals surface area contributed by atoms with E-state index in [0.29, 0.717) is 17.2 Å². The van der Waals surface area contributed by atoms with E-state index in [1.807, 2.05) is 0 Å². The summed E-state index contributed by atoms with van der Waals surface area (Å²) in [5.41, 5.74) is 1.27. The number of amides is 3. The maximum atomic E-state index is 13.1. The lowest BCUT2D eigenvalue weighted by Gasteiger charge is -2.15. The summed E-state index contributed by atoms with van der Waals surface area (Å²) in [4.78, 5) is 40.1. The molecule has 7 nitrogen and oxygen atoms in total. The summed E-state index contributed by atoms with van der Waals surface area (Å²) in [6, 6.07) is 18.4. The number of carbonyl (C=O) groups is 3. The number of nitrogens with one attached hydrogen (secondary N) is 1. The molecule has 30 heavy (non-hydrogen) atoms. The van der Waals surface area contributed by atoms with Gasteiger partial charge >= 0.3 is 0 Å². The zero-order valence-electron chi connectivity index (χ0n) is 16.3. The molecule has 0 saturated heterocycles. The van der Waals surface area contributed by atoms with Crippen LogP contribution in [-0.4, -0.2) is 31.9 Å². The molecule has 7 heteroatoms. The number of ether oxygens (including phenoxy) is 2. The molecule has 4 rings (SSSR count). The highest BCUT2D eigenvalue weighted by Gasteiger charge is 2.39. The van der Waals surface area contributed by atoms with Crippen LogP contribution < -0.4 is 19.7 Å². The van der Waals surface area contributed by atoms with E-state index in [-0.39, 0.29) is 22.4 Å². The highest BCUT2D eigenvalue weighted by atomic mass is 16.5. The highest BCUT2D eigenvalue weighted by Crippen LogP contribution is 2.34. The third-order valence-corrected chi connectivity index (χ3v) is 4.83. The molecule has 3 aromatic rings.